The molecule has 0 atom stereocenters. The van der Waals surface area contributed by atoms with E-state index < -0.39 is 0 Å². The summed E-state index contributed by atoms with van der Waals surface area (Å²) in [6.45, 7) is 12.6. The Kier molecular flexibility index (Phi) is 2.81. The van der Waals surface area contributed by atoms with Gasteiger partial charge in [0, 0.05) is 5.41 Å². The number of fused-ring (bicyclic) bond motifs is 1. The minimum Gasteiger partial charge on any atom is -0.488 e. The van der Waals surface area contributed by atoms with Crippen molar-refractivity contribution in [1.29, 1.82) is 0 Å². The zero-order valence-electron chi connectivity index (χ0n) is 11.3. The van der Waals surface area contributed by atoms with Crippen LogP contribution in [0.4, 0.5) is 0 Å². The highest BCUT2D eigenvalue weighted by atomic mass is 16.5. The molecule has 1 aliphatic rings. The van der Waals surface area contributed by atoms with Crippen molar-refractivity contribution in [3.63, 3.8) is 0 Å². The predicted molar refractivity (Wildman–Crippen MR) is 72.7 cm³/mol. The summed E-state index contributed by atoms with van der Waals surface area (Å²) in [4.78, 5) is 0. The van der Waals surface area contributed by atoms with Gasteiger partial charge in [0.15, 0.2) is 0 Å². The second-order valence-electron chi connectivity index (χ2n) is 6.11. The Labute approximate surface area is 104 Å². The molecular formula is C16H22O. The van der Waals surface area contributed by atoms with Crippen LogP contribution in [0.25, 0.3) is 0 Å². The van der Waals surface area contributed by atoms with Crippen LogP contribution in [0, 0.1) is 0 Å². The number of hydrogen-bond acceptors (Lipinski definition) is 1. The normalized spacial score (nSPS) is 18.1. The molecule has 1 aromatic rings. The van der Waals surface area contributed by atoms with Gasteiger partial charge in [-0.3, -0.25) is 0 Å². The van der Waals surface area contributed by atoms with Crippen molar-refractivity contribution in [2.75, 3.05) is 0 Å². The van der Waals surface area contributed by atoms with E-state index in [1.165, 1.54) is 11.1 Å². The van der Waals surface area contributed by atoms with Gasteiger partial charge in [-0.1, -0.05) is 32.1 Å². The van der Waals surface area contributed by atoms with Crippen LogP contribution in [0.2, 0.25) is 0 Å². The fourth-order valence-electron chi connectivity index (χ4n) is 2.18. The van der Waals surface area contributed by atoms with Crippen LogP contribution in [0.15, 0.2) is 30.9 Å². The molecule has 1 nitrogen and oxygen atoms in total. The third-order valence-corrected chi connectivity index (χ3v) is 3.70. The Bertz CT molecular complexity index is 441. The topological polar surface area (TPSA) is 9.23 Å². The first-order valence-electron chi connectivity index (χ1n) is 6.30. The van der Waals surface area contributed by atoms with E-state index in [2.05, 4.69) is 52.5 Å². The Hall–Kier alpha value is -1.24. The predicted octanol–water partition coefficient (Wildman–Crippen LogP) is 4.25. The van der Waals surface area contributed by atoms with Crippen molar-refractivity contribution >= 4 is 0 Å². The number of benzene rings is 1. The molecule has 0 saturated carbocycles. The second kappa shape index (κ2) is 3.90. The number of aryl methyl sites for hydroxylation is 1. The smallest absolute Gasteiger partial charge is 0.123 e. The lowest BCUT2D eigenvalue weighted by molar-refractivity contribution is 0.0846. The Morgan fingerprint density at radius 1 is 1.35 bits per heavy atom. The van der Waals surface area contributed by atoms with Gasteiger partial charge < -0.3 is 4.74 Å². The lowest BCUT2D eigenvalue weighted by Crippen LogP contribution is -2.32. The quantitative estimate of drug-likeness (QED) is 0.690. The largest absolute Gasteiger partial charge is 0.488 e. The highest BCUT2D eigenvalue weighted by Gasteiger charge is 2.27. The monoisotopic (exact) mass is 230 g/mol. The summed E-state index contributed by atoms with van der Waals surface area (Å²) in [5.74, 6) is 1.05. The van der Waals surface area contributed by atoms with Crippen LogP contribution in [0.5, 0.6) is 5.75 Å². The summed E-state index contributed by atoms with van der Waals surface area (Å²) in [6.07, 6.45) is 4.18. The highest BCUT2D eigenvalue weighted by molar-refractivity contribution is 5.42. The number of rotatable bonds is 2. The highest BCUT2D eigenvalue weighted by Crippen LogP contribution is 2.36. The molecule has 17 heavy (non-hydrogen) atoms. The van der Waals surface area contributed by atoms with Gasteiger partial charge in [-0.25, -0.2) is 0 Å². The van der Waals surface area contributed by atoms with E-state index in [9.17, 15) is 0 Å². The Morgan fingerprint density at radius 3 is 2.71 bits per heavy atom. The Balaban J connectivity index is 2.37. The van der Waals surface area contributed by atoms with E-state index in [1.807, 2.05) is 6.08 Å². The summed E-state index contributed by atoms with van der Waals surface area (Å²) in [7, 11) is 0. The maximum absolute atomic E-state index is 5.99. The summed E-state index contributed by atoms with van der Waals surface area (Å²) in [6, 6.07) is 6.53. The van der Waals surface area contributed by atoms with Gasteiger partial charge in [-0.2, -0.15) is 0 Å². The van der Waals surface area contributed by atoms with Crippen molar-refractivity contribution < 1.29 is 4.74 Å². The fraction of sp³-hybridized carbons (Fsp3) is 0.500. The molecule has 92 valence electrons. The first kappa shape index (κ1) is 12.2. The van der Waals surface area contributed by atoms with Gasteiger partial charge in [0.2, 0.25) is 0 Å². The fourth-order valence-corrected chi connectivity index (χ4v) is 2.18. The molecule has 0 fully saturated rings. The van der Waals surface area contributed by atoms with Crippen molar-refractivity contribution in [3.8, 4) is 5.75 Å². The maximum Gasteiger partial charge on any atom is 0.123 e. The lowest BCUT2D eigenvalue weighted by Gasteiger charge is -2.33. The lowest BCUT2D eigenvalue weighted by atomic mass is 9.82. The zero-order valence-corrected chi connectivity index (χ0v) is 11.3. The van der Waals surface area contributed by atoms with E-state index in [0.29, 0.717) is 0 Å². The molecule has 0 bridgehead atoms. The number of allylic oxidation sites excluding steroid dienone is 1. The van der Waals surface area contributed by atoms with E-state index >= 15 is 0 Å². The van der Waals surface area contributed by atoms with E-state index in [4.69, 9.17) is 4.74 Å². The molecule has 0 amide bonds. The molecule has 1 heterocycles. The van der Waals surface area contributed by atoms with E-state index in [-0.39, 0.29) is 11.0 Å². The SMILES string of the molecule is C=CC(C)(C)c1ccc2c(c1)CCC(C)(C)O2. The molecule has 2 rings (SSSR count). The molecule has 0 unspecified atom stereocenters. The van der Waals surface area contributed by atoms with Crippen molar-refractivity contribution in [1.82, 2.24) is 0 Å². The Morgan fingerprint density at radius 2 is 2.06 bits per heavy atom. The number of ether oxygens (including phenoxy) is 1. The van der Waals surface area contributed by atoms with Gasteiger partial charge in [0.05, 0.1) is 0 Å². The molecule has 1 heteroatoms. The minimum absolute atomic E-state index is 0.0253. The molecule has 0 radical (unpaired) electrons. The van der Waals surface area contributed by atoms with Crippen molar-refractivity contribution in [2.45, 2.75) is 51.6 Å². The van der Waals surface area contributed by atoms with Crippen LogP contribution >= 0.6 is 0 Å². The van der Waals surface area contributed by atoms with Gasteiger partial charge >= 0.3 is 0 Å². The maximum atomic E-state index is 5.99. The van der Waals surface area contributed by atoms with E-state index in [1.54, 1.807) is 0 Å². The molecular weight excluding hydrogens is 208 g/mol. The van der Waals surface area contributed by atoms with Gasteiger partial charge in [0.25, 0.3) is 0 Å². The molecule has 1 aliphatic heterocycles. The average molecular weight is 230 g/mol. The third-order valence-electron chi connectivity index (χ3n) is 3.70. The van der Waals surface area contributed by atoms with Gasteiger partial charge in [-0.05, 0) is 43.9 Å². The van der Waals surface area contributed by atoms with Crippen molar-refractivity contribution in [3.05, 3.63) is 42.0 Å². The van der Waals surface area contributed by atoms with Gasteiger partial charge in [0.1, 0.15) is 11.4 Å². The average Bonchev–Trinajstić information content (AvgIpc) is 2.27. The molecule has 0 spiro atoms. The standard InChI is InChI=1S/C16H22O/c1-6-15(2,3)13-7-8-14-12(11-13)9-10-16(4,5)17-14/h6-8,11H,1,9-10H2,2-5H3. The van der Waals surface area contributed by atoms with Crippen LogP contribution in [0.3, 0.4) is 0 Å². The van der Waals surface area contributed by atoms with Gasteiger partial charge in [-0.15, -0.1) is 6.58 Å². The van der Waals surface area contributed by atoms with E-state index in [0.717, 1.165) is 18.6 Å². The van der Waals surface area contributed by atoms with Crippen LogP contribution in [-0.2, 0) is 11.8 Å². The number of hydrogen-bond donors (Lipinski definition) is 0. The van der Waals surface area contributed by atoms with Crippen LogP contribution in [0.1, 0.15) is 45.2 Å². The minimum atomic E-state index is -0.0253. The molecule has 1 aromatic carbocycles. The molecule has 0 saturated heterocycles. The molecule has 0 N–H and O–H groups in total. The third kappa shape index (κ3) is 2.38. The first-order chi connectivity index (χ1) is 7.84. The second-order valence-corrected chi connectivity index (χ2v) is 6.11. The van der Waals surface area contributed by atoms with Crippen molar-refractivity contribution in [2.24, 2.45) is 0 Å². The molecule has 0 aliphatic carbocycles. The first-order valence-corrected chi connectivity index (χ1v) is 6.30. The van der Waals surface area contributed by atoms with Crippen LogP contribution < -0.4 is 4.74 Å². The summed E-state index contributed by atoms with van der Waals surface area (Å²) in [5, 5.41) is 0. The van der Waals surface area contributed by atoms with Crippen LogP contribution in [-0.4, -0.2) is 5.60 Å². The molecule has 0 aromatic heterocycles. The summed E-state index contributed by atoms with van der Waals surface area (Å²) >= 11 is 0. The summed E-state index contributed by atoms with van der Waals surface area (Å²) < 4.78 is 5.99. The zero-order chi connectivity index (χ0) is 12.7. The summed E-state index contributed by atoms with van der Waals surface area (Å²) in [5.41, 5.74) is 2.65.